The number of anilines is 1. The van der Waals surface area contributed by atoms with Crippen LogP contribution in [0.4, 0.5) is 23.2 Å². The summed E-state index contributed by atoms with van der Waals surface area (Å²) >= 11 is 5.35. The quantitative estimate of drug-likeness (QED) is 0.594. The fourth-order valence-corrected chi connectivity index (χ4v) is 0.931. The van der Waals surface area contributed by atoms with E-state index in [2.05, 4.69) is 4.74 Å². The highest BCUT2D eigenvalue weighted by Gasteiger charge is 2.32. The first kappa shape index (κ1) is 10.9. The molecule has 0 saturated carbocycles. The van der Waals surface area contributed by atoms with E-state index in [0.717, 1.165) is 6.07 Å². The first-order chi connectivity index (χ1) is 6.29. The number of rotatable bonds is 1. The number of halogens is 5. The third-order valence-electron chi connectivity index (χ3n) is 1.26. The standard InChI is InChI=1S/C7H4ClF4NO/c8-6-4(13)1-3(9)2-5(6)14-7(10,11)12/h1-2H,13H2. The monoisotopic (exact) mass is 229 g/mol. The Hall–Kier alpha value is -1.17. The molecule has 1 aromatic carbocycles. The summed E-state index contributed by atoms with van der Waals surface area (Å²) in [5.74, 6) is -1.80. The van der Waals surface area contributed by atoms with Crippen molar-refractivity contribution in [2.75, 3.05) is 5.73 Å². The Kier molecular flexibility index (Phi) is 2.75. The van der Waals surface area contributed by atoms with Crippen LogP contribution in [0.5, 0.6) is 5.75 Å². The number of nitrogen functional groups attached to an aromatic ring is 1. The Labute approximate surface area is 81.2 Å². The Morgan fingerprint density at radius 3 is 2.36 bits per heavy atom. The van der Waals surface area contributed by atoms with Crippen LogP contribution in [0.25, 0.3) is 0 Å². The van der Waals surface area contributed by atoms with Gasteiger partial charge < -0.3 is 10.5 Å². The van der Waals surface area contributed by atoms with Crippen LogP contribution in [-0.4, -0.2) is 6.36 Å². The van der Waals surface area contributed by atoms with E-state index in [1.54, 1.807) is 0 Å². The van der Waals surface area contributed by atoms with E-state index in [0.29, 0.717) is 6.07 Å². The van der Waals surface area contributed by atoms with Crippen molar-refractivity contribution in [1.29, 1.82) is 0 Å². The molecule has 0 amide bonds. The minimum Gasteiger partial charge on any atom is -0.404 e. The summed E-state index contributed by atoms with van der Waals surface area (Å²) in [6.45, 7) is 0. The minimum absolute atomic E-state index is 0.314. The van der Waals surface area contributed by atoms with Gasteiger partial charge in [-0.05, 0) is 6.07 Å². The average molecular weight is 230 g/mol. The van der Waals surface area contributed by atoms with Gasteiger partial charge in [0.25, 0.3) is 0 Å². The fraction of sp³-hybridized carbons (Fsp3) is 0.143. The summed E-state index contributed by atoms with van der Waals surface area (Å²) in [5.41, 5.74) is 4.81. The summed E-state index contributed by atoms with van der Waals surface area (Å²) in [7, 11) is 0. The van der Waals surface area contributed by atoms with Gasteiger partial charge in [0, 0.05) is 6.07 Å². The molecule has 0 bridgehead atoms. The summed E-state index contributed by atoms with van der Waals surface area (Å²) < 4.78 is 51.3. The Morgan fingerprint density at radius 2 is 1.86 bits per heavy atom. The van der Waals surface area contributed by atoms with Gasteiger partial charge in [0.05, 0.1) is 5.69 Å². The number of benzene rings is 1. The maximum atomic E-state index is 12.6. The SMILES string of the molecule is Nc1cc(F)cc(OC(F)(F)F)c1Cl. The van der Waals surface area contributed by atoms with Crippen LogP contribution in [0.1, 0.15) is 0 Å². The van der Waals surface area contributed by atoms with E-state index in [-0.39, 0.29) is 5.69 Å². The number of alkyl halides is 3. The van der Waals surface area contributed by atoms with Gasteiger partial charge in [0.1, 0.15) is 10.8 Å². The lowest BCUT2D eigenvalue weighted by molar-refractivity contribution is -0.274. The van der Waals surface area contributed by atoms with Crippen molar-refractivity contribution in [2.24, 2.45) is 0 Å². The van der Waals surface area contributed by atoms with Gasteiger partial charge in [-0.15, -0.1) is 13.2 Å². The minimum atomic E-state index is -4.93. The summed E-state index contributed by atoms with van der Waals surface area (Å²) in [4.78, 5) is 0. The molecule has 0 aliphatic heterocycles. The third kappa shape index (κ3) is 2.66. The molecule has 2 nitrogen and oxygen atoms in total. The second-order valence-electron chi connectivity index (χ2n) is 2.35. The van der Waals surface area contributed by atoms with E-state index in [1.807, 2.05) is 0 Å². The fourth-order valence-electron chi connectivity index (χ4n) is 0.783. The van der Waals surface area contributed by atoms with E-state index >= 15 is 0 Å². The van der Waals surface area contributed by atoms with Gasteiger partial charge in [0.15, 0.2) is 5.75 Å². The lowest BCUT2D eigenvalue weighted by Gasteiger charge is -2.11. The molecule has 0 aromatic heterocycles. The van der Waals surface area contributed by atoms with Crippen molar-refractivity contribution in [3.63, 3.8) is 0 Å². The summed E-state index contributed by atoms with van der Waals surface area (Å²) in [6, 6.07) is 1.30. The van der Waals surface area contributed by atoms with Gasteiger partial charge in [-0.3, -0.25) is 0 Å². The summed E-state index contributed by atoms with van der Waals surface area (Å²) in [5, 5.41) is -0.469. The molecule has 0 unspecified atom stereocenters. The Bertz CT molecular complexity index is 352. The average Bonchev–Trinajstić information content (AvgIpc) is 1.96. The second-order valence-corrected chi connectivity index (χ2v) is 2.73. The summed E-state index contributed by atoms with van der Waals surface area (Å²) in [6.07, 6.45) is -4.93. The van der Waals surface area contributed by atoms with Crippen LogP contribution in [0.3, 0.4) is 0 Å². The van der Waals surface area contributed by atoms with Crippen molar-refractivity contribution in [3.8, 4) is 5.75 Å². The topological polar surface area (TPSA) is 35.2 Å². The van der Waals surface area contributed by atoms with Gasteiger partial charge in [-0.1, -0.05) is 11.6 Å². The van der Waals surface area contributed by atoms with Crippen molar-refractivity contribution in [3.05, 3.63) is 23.0 Å². The molecule has 0 radical (unpaired) electrons. The van der Waals surface area contributed by atoms with Crippen molar-refractivity contribution in [1.82, 2.24) is 0 Å². The van der Waals surface area contributed by atoms with E-state index in [9.17, 15) is 17.6 Å². The van der Waals surface area contributed by atoms with Crippen molar-refractivity contribution < 1.29 is 22.3 Å². The van der Waals surface area contributed by atoms with E-state index < -0.39 is 23.0 Å². The highest BCUT2D eigenvalue weighted by molar-refractivity contribution is 6.34. The molecule has 0 fully saturated rings. The van der Waals surface area contributed by atoms with Crippen LogP contribution in [0, 0.1) is 5.82 Å². The molecule has 0 aliphatic rings. The molecule has 0 saturated heterocycles. The maximum Gasteiger partial charge on any atom is 0.573 e. The normalized spacial score (nSPS) is 11.5. The molecule has 0 heterocycles. The highest BCUT2D eigenvalue weighted by atomic mass is 35.5. The van der Waals surface area contributed by atoms with Crippen molar-refractivity contribution in [2.45, 2.75) is 6.36 Å². The molecule has 0 spiro atoms. The molecular weight excluding hydrogens is 226 g/mol. The molecule has 2 N–H and O–H groups in total. The highest BCUT2D eigenvalue weighted by Crippen LogP contribution is 2.34. The molecule has 78 valence electrons. The van der Waals surface area contributed by atoms with E-state index in [4.69, 9.17) is 17.3 Å². The molecule has 1 rings (SSSR count). The Morgan fingerprint density at radius 1 is 1.29 bits per heavy atom. The number of hydrogen-bond donors (Lipinski definition) is 1. The van der Waals surface area contributed by atoms with Crippen LogP contribution < -0.4 is 10.5 Å². The molecule has 0 aliphatic carbocycles. The zero-order valence-electron chi connectivity index (χ0n) is 6.53. The first-order valence-electron chi connectivity index (χ1n) is 3.30. The largest absolute Gasteiger partial charge is 0.573 e. The molecule has 0 atom stereocenters. The number of nitrogens with two attached hydrogens (primary N) is 1. The zero-order valence-corrected chi connectivity index (χ0v) is 7.29. The van der Waals surface area contributed by atoms with Crippen LogP contribution >= 0.6 is 11.6 Å². The second kappa shape index (κ2) is 3.53. The third-order valence-corrected chi connectivity index (χ3v) is 1.66. The first-order valence-corrected chi connectivity index (χ1v) is 3.67. The molecule has 14 heavy (non-hydrogen) atoms. The van der Waals surface area contributed by atoms with Crippen LogP contribution in [0.2, 0.25) is 5.02 Å². The number of hydrogen-bond acceptors (Lipinski definition) is 2. The lowest BCUT2D eigenvalue weighted by atomic mass is 10.3. The molecule has 1 aromatic rings. The van der Waals surface area contributed by atoms with Crippen molar-refractivity contribution >= 4 is 17.3 Å². The predicted octanol–water partition coefficient (Wildman–Crippen LogP) is 2.96. The van der Waals surface area contributed by atoms with Gasteiger partial charge in [0.2, 0.25) is 0 Å². The lowest BCUT2D eigenvalue weighted by Crippen LogP contribution is -2.17. The molecular formula is C7H4ClF4NO. The smallest absolute Gasteiger partial charge is 0.404 e. The predicted molar refractivity (Wildman–Crippen MR) is 42.5 cm³/mol. The van der Waals surface area contributed by atoms with E-state index in [1.165, 1.54) is 0 Å². The van der Waals surface area contributed by atoms with Gasteiger partial charge in [-0.25, -0.2) is 4.39 Å². The maximum absolute atomic E-state index is 12.6. The van der Waals surface area contributed by atoms with Crippen LogP contribution in [-0.2, 0) is 0 Å². The Balaban J connectivity index is 3.09. The molecule has 7 heteroatoms. The number of ether oxygens (including phenoxy) is 1. The van der Waals surface area contributed by atoms with Gasteiger partial charge >= 0.3 is 6.36 Å². The van der Waals surface area contributed by atoms with Crippen LogP contribution in [0.15, 0.2) is 12.1 Å². The zero-order chi connectivity index (χ0) is 10.9. The van der Waals surface area contributed by atoms with Gasteiger partial charge in [-0.2, -0.15) is 0 Å².